The molecule has 0 aliphatic heterocycles. The number of para-hydroxylation sites is 1. The van der Waals surface area contributed by atoms with E-state index in [2.05, 4.69) is 15.9 Å². The highest BCUT2D eigenvalue weighted by Gasteiger charge is 2.08. The summed E-state index contributed by atoms with van der Waals surface area (Å²) in [5.74, 6) is 0. The molecule has 1 heterocycles. The van der Waals surface area contributed by atoms with Gasteiger partial charge in [0.25, 0.3) is 4.82 Å². The molecule has 4 heteroatoms. The summed E-state index contributed by atoms with van der Waals surface area (Å²) >= 11 is 2.92. The summed E-state index contributed by atoms with van der Waals surface area (Å²) in [7, 11) is 1.76. The van der Waals surface area contributed by atoms with Crippen molar-refractivity contribution >= 4 is 31.7 Å². The normalized spacial score (nSPS) is 10.6. The maximum Gasteiger partial charge on any atom is 0.289 e. The van der Waals surface area contributed by atoms with Crippen LogP contribution in [0.1, 0.15) is 5.56 Å². The molecule has 1 amide bonds. The molecule has 0 atom stereocenters. The fourth-order valence-electron chi connectivity index (χ4n) is 1.60. The molecule has 0 aliphatic rings. The average Bonchev–Trinajstić information content (AvgIpc) is 2.69. The first-order valence-electron chi connectivity index (χ1n) is 5.04. The minimum absolute atomic E-state index is 0.0969. The smallest absolute Gasteiger partial charge is 0.289 e. The van der Waals surface area contributed by atoms with E-state index in [1.165, 1.54) is 0 Å². The van der Waals surface area contributed by atoms with Gasteiger partial charge >= 0.3 is 0 Å². The van der Waals surface area contributed by atoms with E-state index in [4.69, 9.17) is 4.42 Å². The van der Waals surface area contributed by atoms with Crippen molar-refractivity contribution in [3.05, 3.63) is 36.1 Å². The van der Waals surface area contributed by atoms with Crippen LogP contribution in [0.5, 0.6) is 0 Å². The Labute approximate surface area is 102 Å². The molecule has 0 radical (unpaired) electrons. The number of hydrogen-bond acceptors (Lipinski definition) is 2. The van der Waals surface area contributed by atoms with Gasteiger partial charge in [-0.1, -0.05) is 18.2 Å². The number of fused-ring (bicyclic) bond motifs is 1. The van der Waals surface area contributed by atoms with Gasteiger partial charge in [0, 0.05) is 34.9 Å². The number of carbonyl (C=O) groups excluding carboxylic acids is 1. The van der Waals surface area contributed by atoms with E-state index in [9.17, 15) is 4.79 Å². The Bertz CT molecular complexity index is 506. The predicted molar refractivity (Wildman–Crippen MR) is 66.9 cm³/mol. The van der Waals surface area contributed by atoms with Crippen LogP contribution < -0.4 is 0 Å². The van der Waals surface area contributed by atoms with Gasteiger partial charge in [0.05, 0.1) is 6.26 Å². The first-order valence-corrected chi connectivity index (χ1v) is 5.83. The number of likely N-dealkylation sites (N-methyl/N-ethyl adjacent to an activating group) is 1. The molecule has 0 saturated heterocycles. The van der Waals surface area contributed by atoms with Gasteiger partial charge in [-0.3, -0.25) is 4.79 Å². The minimum atomic E-state index is -0.0969. The molecule has 16 heavy (non-hydrogen) atoms. The molecule has 1 aromatic carbocycles. The van der Waals surface area contributed by atoms with Crippen molar-refractivity contribution in [2.24, 2.45) is 0 Å². The maximum atomic E-state index is 11.0. The van der Waals surface area contributed by atoms with E-state index < -0.39 is 0 Å². The highest BCUT2D eigenvalue weighted by molar-refractivity contribution is 9.18. The van der Waals surface area contributed by atoms with E-state index in [-0.39, 0.29) is 4.82 Å². The molecule has 0 fully saturated rings. The Balaban J connectivity index is 2.13. The number of carbonyl (C=O) groups is 1. The monoisotopic (exact) mass is 281 g/mol. The van der Waals surface area contributed by atoms with E-state index >= 15 is 0 Å². The van der Waals surface area contributed by atoms with Gasteiger partial charge in [0.2, 0.25) is 0 Å². The molecular formula is C12H12BrNO2. The lowest BCUT2D eigenvalue weighted by Gasteiger charge is -2.12. The van der Waals surface area contributed by atoms with Crippen molar-refractivity contribution in [1.82, 2.24) is 4.90 Å². The summed E-state index contributed by atoms with van der Waals surface area (Å²) in [6.45, 7) is 0.674. The first kappa shape index (κ1) is 11.2. The zero-order valence-corrected chi connectivity index (χ0v) is 10.5. The number of benzene rings is 1. The van der Waals surface area contributed by atoms with Crippen molar-refractivity contribution in [2.75, 3.05) is 13.6 Å². The van der Waals surface area contributed by atoms with Crippen LogP contribution >= 0.6 is 15.9 Å². The fraction of sp³-hybridized carbons (Fsp3) is 0.250. The summed E-state index contributed by atoms with van der Waals surface area (Å²) in [5.41, 5.74) is 2.03. The summed E-state index contributed by atoms with van der Waals surface area (Å²) in [5, 5.41) is 1.12. The number of hydrogen-bond donors (Lipinski definition) is 0. The van der Waals surface area contributed by atoms with Gasteiger partial charge in [-0.2, -0.15) is 0 Å². The lowest BCUT2D eigenvalue weighted by molar-refractivity contribution is 0.235. The Morgan fingerprint density at radius 2 is 2.19 bits per heavy atom. The maximum absolute atomic E-state index is 11.0. The van der Waals surface area contributed by atoms with Gasteiger partial charge in [-0.15, -0.1) is 0 Å². The highest BCUT2D eigenvalue weighted by atomic mass is 79.9. The van der Waals surface area contributed by atoms with Gasteiger partial charge in [0.1, 0.15) is 5.58 Å². The van der Waals surface area contributed by atoms with Gasteiger partial charge in [-0.05, 0) is 18.1 Å². The second-order valence-electron chi connectivity index (χ2n) is 3.68. The van der Waals surface area contributed by atoms with Crippen molar-refractivity contribution in [3.63, 3.8) is 0 Å². The van der Waals surface area contributed by atoms with E-state index in [1.807, 2.05) is 24.3 Å². The van der Waals surface area contributed by atoms with Crippen LogP contribution in [-0.4, -0.2) is 23.3 Å². The Hall–Kier alpha value is -1.29. The van der Waals surface area contributed by atoms with Crippen molar-refractivity contribution in [1.29, 1.82) is 0 Å². The van der Waals surface area contributed by atoms with Gasteiger partial charge in [0.15, 0.2) is 0 Å². The quantitative estimate of drug-likeness (QED) is 0.638. The number of amides is 1. The lowest BCUT2D eigenvalue weighted by atomic mass is 10.1. The van der Waals surface area contributed by atoms with Crippen LogP contribution in [0, 0.1) is 0 Å². The summed E-state index contributed by atoms with van der Waals surface area (Å²) in [6.07, 6.45) is 2.56. The SMILES string of the molecule is CN(CCc1coc2ccccc12)C(=O)Br. The van der Waals surface area contributed by atoms with Crippen molar-refractivity contribution in [3.8, 4) is 0 Å². The molecule has 1 aromatic heterocycles. The molecule has 0 unspecified atom stereocenters. The molecule has 2 aromatic rings. The number of furan rings is 1. The molecule has 0 aliphatic carbocycles. The first-order chi connectivity index (χ1) is 7.68. The standard InChI is InChI=1S/C12H12BrNO2/c1-14(12(13)15)7-6-9-8-16-11-5-3-2-4-10(9)11/h2-5,8H,6-7H2,1H3. The molecular weight excluding hydrogens is 270 g/mol. The Morgan fingerprint density at radius 3 is 2.94 bits per heavy atom. The largest absolute Gasteiger partial charge is 0.464 e. The Morgan fingerprint density at radius 1 is 1.44 bits per heavy atom. The second-order valence-corrected chi connectivity index (χ2v) is 4.36. The molecule has 0 bridgehead atoms. The van der Waals surface area contributed by atoms with Gasteiger partial charge < -0.3 is 9.32 Å². The Kier molecular flexibility index (Phi) is 3.29. The minimum Gasteiger partial charge on any atom is -0.464 e. The molecule has 0 N–H and O–H groups in total. The molecule has 2 rings (SSSR count). The van der Waals surface area contributed by atoms with Crippen molar-refractivity contribution < 1.29 is 9.21 Å². The number of nitrogens with zero attached hydrogens (tertiary/aromatic N) is 1. The van der Waals surface area contributed by atoms with Crippen LogP contribution in [0.2, 0.25) is 0 Å². The van der Waals surface area contributed by atoms with E-state index in [0.717, 1.165) is 23.0 Å². The summed E-state index contributed by atoms with van der Waals surface area (Å²) < 4.78 is 5.43. The number of rotatable bonds is 3. The fourth-order valence-corrected chi connectivity index (χ4v) is 1.78. The zero-order valence-electron chi connectivity index (χ0n) is 8.94. The average molecular weight is 282 g/mol. The van der Waals surface area contributed by atoms with E-state index in [1.54, 1.807) is 18.2 Å². The molecule has 0 saturated carbocycles. The molecule has 84 valence electrons. The third kappa shape index (κ3) is 2.27. The predicted octanol–water partition coefficient (Wildman–Crippen LogP) is 3.42. The third-order valence-corrected chi connectivity index (χ3v) is 3.18. The van der Waals surface area contributed by atoms with Crippen LogP contribution in [0.4, 0.5) is 4.79 Å². The lowest BCUT2D eigenvalue weighted by Crippen LogP contribution is -2.22. The summed E-state index contributed by atoms with van der Waals surface area (Å²) in [4.78, 5) is 12.5. The highest BCUT2D eigenvalue weighted by Crippen LogP contribution is 2.21. The number of halogens is 1. The van der Waals surface area contributed by atoms with Crippen molar-refractivity contribution in [2.45, 2.75) is 6.42 Å². The summed E-state index contributed by atoms with van der Waals surface area (Å²) in [6, 6.07) is 7.91. The van der Waals surface area contributed by atoms with Crippen LogP contribution in [0.25, 0.3) is 11.0 Å². The van der Waals surface area contributed by atoms with Crippen LogP contribution in [0.3, 0.4) is 0 Å². The topological polar surface area (TPSA) is 33.5 Å². The second kappa shape index (κ2) is 4.70. The van der Waals surface area contributed by atoms with Crippen LogP contribution in [0.15, 0.2) is 34.9 Å². The van der Waals surface area contributed by atoms with Gasteiger partial charge in [-0.25, -0.2) is 0 Å². The zero-order chi connectivity index (χ0) is 11.5. The van der Waals surface area contributed by atoms with Crippen LogP contribution in [-0.2, 0) is 6.42 Å². The third-order valence-electron chi connectivity index (χ3n) is 2.58. The molecule has 3 nitrogen and oxygen atoms in total. The molecule has 0 spiro atoms. The van der Waals surface area contributed by atoms with E-state index in [0.29, 0.717) is 6.54 Å².